The quantitative estimate of drug-likeness (QED) is 0.442. The van der Waals surface area contributed by atoms with Gasteiger partial charge in [-0.1, -0.05) is 18.2 Å². The number of nitrogens with one attached hydrogen (secondary N) is 2. The lowest BCUT2D eigenvalue weighted by atomic mass is 10.0. The molecule has 10 heteroatoms. The molecule has 0 spiro atoms. The number of hydrogen-bond acceptors (Lipinski definition) is 9. The van der Waals surface area contributed by atoms with Crippen LogP contribution in [0.1, 0.15) is 17.4 Å². The Morgan fingerprint density at radius 2 is 2.17 bits per heavy atom. The number of carbonyl (C=O) groups is 1. The number of methoxy groups -OCH3 is 1. The Hall–Kier alpha value is -3.31. The highest BCUT2D eigenvalue weighted by Crippen LogP contribution is 2.27. The number of aromatic nitrogens is 2. The van der Waals surface area contributed by atoms with Gasteiger partial charge in [0.05, 0.1) is 37.1 Å². The van der Waals surface area contributed by atoms with E-state index in [-0.39, 0.29) is 18.6 Å². The molecule has 1 saturated heterocycles. The van der Waals surface area contributed by atoms with Crippen LogP contribution in [0.2, 0.25) is 0 Å². The Kier molecular flexibility index (Phi) is 7.05. The molecule has 2 aliphatic rings. The number of morpholine rings is 1. The minimum atomic E-state index is -0.679. The van der Waals surface area contributed by atoms with E-state index in [1.54, 1.807) is 7.11 Å². The van der Waals surface area contributed by atoms with Crippen molar-refractivity contribution >= 4 is 22.6 Å². The Morgan fingerprint density at radius 3 is 3.06 bits per heavy atom. The van der Waals surface area contributed by atoms with Crippen molar-refractivity contribution in [3.8, 4) is 11.6 Å². The maximum Gasteiger partial charge on any atom is 0.263 e. The van der Waals surface area contributed by atoms with Crippen molar-refractivity contribution in [1.82, 2.24) is 20.2 Å². The number of nitrogens with zero attached hydrogens (tertiary/aromatic N) is 3. The fourth-order valence-electron chi connectivity index (χ4n) is 4.41. The highest BCUT2D eigenvalue weighted by molar-refractivity contribution is 5.94. The van der Waals surface area contributed by atoms with E-state index in [2.05, 4.69) is 25.5 Å². The van der Waals surface area contributed by atoms with Gasteiger partial charge < -0.3 is 30.0 Å². The molecule has 0 aliphatic carbocycles. The third-order valence-corrected chi connectivity index (χ3v) is 6.16. The van der Waals surface area contributed by atoms with Crippen molar-refractivity contribution < 1.29 is 24.1 Å². The number of hydrogen-bond donors (Lipinski definition) is 3. The van der Waals surface area contributed by atoms with Crippen molar-refractivity contribution in [2.75, 3.05) is 51.8 Å². The topological polar surface area (TPSA) is 118 Å². The van der Waals surface area contributed by atoms with E-state index in [1.807, 2.05) is 42.5 Å². The van der Waals surface area contributed by atoms with Crippen LogP contribution in [-0.4, -0.2) is 78.5 Å². The van der Waals surface area contributed by atoms with Gasteiger partial charge in [-0.25, -0.2) is 9.97 Å². The molecule has 1 fully saturated rings. The van der Waals surface area contributed by atoms with E-state index in [1.165, 1.54) is 0 Å². The number of para-hydroxylation sites is 1. The lowest BCUT2D eigenvalue weighted by molar-refractivity contribution is -0.118. The second-order valence-electron chi connectivity index (χ2n) is 8.66. The van der Waals surface area contributed by atoms with Gasteiger partial charge in [-0.3, -0.25) is 9.69 Å². The lowest BCUT2D eigenvalue weighted by Gasteiger charge is -2.34. The zero-order valence-corrected chi connectivity index (χ0v) is 19.6. The minimum Gasteiger partial charge on any atom is -0.481 e. The second kappa shape index (κ2) is 10.5. The smallest absolute Gasteiger partial charge is 0.263 e. The Labute approximate surface area is 203 Å². The highest BCUT2D eigenvalue weighted by atomic mass is 16.5. The molecule has 5 rings (SSSR count). The molecule has 0 bridgehead atoms. The van der Waals surface area contributed by atoms with Gasteiger partial charge >= 0.3 is 0 Å². The third kappa shape index (κ3) is 5.51. The molecular weight excluding hydrogens is 450 g/mol. The van der Waals surface area contributed by atoms with E-state index in [9.17, 15) is 9.90 Å². The number of anilines is 1. The molecule has 35 heavy (non-hydrogen) atoms. The SMILES string of the molecule is COc1ccc2cccc(C(O)CN3CCOC(CNCc4ccc5c(n4)NC(=O)CO5)C3)c2n1. The van der Waals surface area contributed by atoms with Crippen LogP contribution in [-0.2, 0) is 16.1 Å². The number of β-amino-alcohol motifs (C(OH)–C–C–N with tert-alkyl or cyclic N) is 1. The average molecular weight is 480 g/mol. The summed E-state index contributed by atoms with van der Waals surface area (Å²) in [7, 11) is 1.59. The molecule has 4 heterocycles. The van der Waals surface area contributed by atoms with Crippen molar-refractivity contribution in [3.05, 3.63) is 53.7 Å². The maximum atomic E-state index is 11.5. The molecule has 0 radical (unpaired) electrons. The third-order valence-electron chi connectivity index (χ3n) is 6.16. The van der Waals surface area contributed by atoms with Crippen molar-refractivity contribution in [2.45, 2.75) is 18.8 Å². The predicted molar refractivity (Wildman–Crippen MR) is 130 cm³/mol. The van der Waals surface area contributed by atoms with Crippen molar-refractivity contribution in [2.24, 2.45) is 0 Å². The largest absolute Gasteiger partial charge is 0.481 e. The molecule has 0 saturated carbocycles. The molecule has 2 aromatic heterocycles. The molecular formula is C25H29N5O5. The number of benzene rings is 1. The van der Waals surface area contributed by atoms with Crippen molar-refractivity contribution in [1.29, 1.82) is 0 Å². The monoisotopic (exact) mass is 479 g/mol. The van der Waals surface area contributed by atoms with Gasteiger partial charge in [0.15, 0.2) is 18.2 Å². The normalized spacial score (nSPS) is 19.0. The number of aliphatic hydroxyl groups is 1. The molecule has 10 nitrogen and oxygen atoms in total. The fourth-order valence-corrected chi connectivity index (χ4v) is 4.41. The van der Waals surface area contributed by atoms with Crippen LogP contribution in [0.3, 0.4) is 0 Å². The molecule has 184 valence electrons. The number of carbonyl (C=O) groups excluding carboxylic acids is 1. The summed E-state index contributed by atoms with van der Waals surface area (Å²) in [5.41, 5.74) is 2.35. The molecule has 3 N–H and O–H groups in total. The number of amides is 1. The van der Waals surface area contributed by atoms with Crippen LogP contribution in [0.25, 0.3) is 10.9 Å². The molecule has 2 aliphatic heterocycles. The van der Waals surface area contributed by atoms with Gasteiger partial charge in [0.2, 0.25) is 5.88 Å². The molecule has 3 aromatic rings. The first-order valence-electron chi connectivity index (χ1n) is 11.7. The van der Waals surface area contributed by atoms with Crippen LogP contribution in [0.5, 0.6) is 11.6 Å². The first-order valence-corrected chi connectivity index (χ1v) is 11.7. The summed E-state index contributed by atoms with van der Waals surface area (Å²) in [5.74, 6) is 1.36. The van der Waals surface area contributed by atoms with E-state index >= 15 is 0 Å². The van der Waals surface area contributed by atoms with Gasteiger partial charge in [0, 0.05) is 49.7 Å². The summed E-state index contributed by atoms with van der Waals surface area (Å²) in [6.07, 6.45) is -0.690. The predicted octanol–water partition coefficient (Wildman–Crippen LogP) is 1.49. The number of pyridine rings is 2. The van der Waals surface area contributed by atoms with Gasteiger partial charge in [-0.2, -0.15) is 0 Å². The van der Waals surface area contributed by atoms with Crippen molar-refractivity contribution in [3.63, 3.8) is 0 Å². The number of fused-ring (bicyclic) bond motifs is 2. The first-order chi connectivity index (χ1) is 17.1. The van der Waals surface area contributed by atoms with E-state index in [0.717, 1.165) is 28.7 Å². The average Bonchev–Trinajstić information content (AvgIpc) is 2.88. The van der Waals surface area contributed by atoms with Crippen LogP contribution >= 0.6 is 0 Å². The summed E-state index contributed by atoms with van der Waals surface area (Å²) in [6.45, 7) is 3.73. The van der Waals surface area contributed by atoms with Gasteiger partial charge in [0.1, 0.15) is 0 Å². The summed E-state index contributed by atoms with van der Waals surface area (Å²) in [6, 6.07) is 13.3. The van der Waals surface area contributed by atoms with Gasteiger partial charge in [-0.15, -0.1) is 0 Å². The lowest BCUT2D eigenvalue weighted by Crippen LogP contribution is -2.47. The van der Waals surface area contributed by atoms with Crippen LogP contribution in [0, 0.1) is 0 Å². The summed E-state index contributed by atoms with van der Waals surface area (Å²) in [5, 5.41) is 18.1. The highest BCUT2D eigenvalue weighted by Gasteiger charge is 2.24. The number of ether oxygens (including phenoxy) is 3. The molecule has 2 atom stereocenters. The second-order valence-corrected chi connectivity index (χ2v) is 8.66. The van der Waals surface area contributed by atoms with Gasteiger partial charge in [0.25, 0.3) is 5.91 Å². The Bertz CT molecular complexity index is 1210. The Balaban J connectivity index is 1.15. The summed E-state index contributed by atoms with van der Waals surface area (Å²) < 4.78 is 16.5. The molecule has 2 unspecified atom stereocenters. The fraction of sp³-hybridized carbons (Fsp3) is 0.400. The van der Waals surface area contributed by atoms with E-state index in [0.29, 0.717) is 50.2 Å². The molecule has 1 aromatic carbocycles. The molecule has 1 amide bonds. The Morgan fingerprint density at radius 1 is 1.26 bits per heavy atom. The van der Waals surface area contributed by atoms with Gasteiger partial charge in [-0.05, 0) is 18.2 Å². The zero-order valence-electron chi connectivity index (χ0n) is 19.6. The number of aliphatic hydroxyl groups excluding tert-OH is 1. The van der Waals surface area contributed by atoms with E-state index < -0.39 is 6.10 Å². The summed E-state index contributed by atoms with van der Waals surface area (Å²) in [4.78, 5) is 22.7. The minimum absolute atomic E-state index is 0.0117. The zero-order chi connectivity index (χ0) is 24.2. The first kappa shape index (κ1) is 23.4. The van der Waals surface area contributed by atoms with Crippen LogP contribution in [0.15, 0.2) is 42.5 Å². The maximum absolute atomic E-state index is 11.5. The van der Waals surface area contributed by atoms with E-state index in [4.69, 9.17) is 14.2 Å². The van der Waals surface area contributed by atoms with Crippen LogP contribution in [0.4, 0.5) is 5.82 Å². The number of rotatable bonds is 8. The standard InChI is InChI=1S/C25H29N5O5/c1-33-23-8-5-16-3-2-4-19(24(16)29-23)20(31)14-30-9-10-34-18(13-30)12-26-11-17-6-7-21-25(27-17)28-22(32)15-35-21/h2-8,18,20,26,31H,9-15H2,1H3,(H,27,28,32). The summed E-state index contributed by atoms with van der Waals surface area (Å²) >= 11 is 0. The van der Waals surface area contributed by atoms with Crippen LogP contribution < -0.4 is 20.1 Å².